The number of hydrogen-bond donors (Lipinski definition) is 2. The fourth-order valence-electron chi connectivity index (χ4n) is 2.78. The second-order valence-corrected chi connectivity index (χ2v) is 7.62. The Kier molecular flexibility index (Phi) is 6.60. The summed E-state index contributed by atoms with van der Waals surface area (Å²) in [6.45, 7) is 5.38. The Morgan fingerprint density at radius 1 is 1.22 bits per heavy atom. The molecule has 0 aromatic rings. The number of rotatable bonds is 6. The zero-order valence-electron chi connectivity index (χ0n) is 11.7. The highest BCUT2D eigenvalue weighted by atomic mass is 32.2. The smallest absolute Gasteiger partial charge is 0.209 e. The lowest BCUT2D eigenvalue weighted by molar-refractivity contribution is 0.338. The molecule has 0 amide bonds. The van der Waals surface area contributed by atoms with E-state index in [4.69, 9.17) is 5.14 Å². The van der Waals surface area contributed by atoms with E-state index in [1.54, 1.807) is 0 Å². The molecule has 108 valence electrons. The van der Waals surface area contributed by atoms with E-state index in [9.17, 15) is 8.42 Å². The maximum Gasteiger partial charge on any atom is 0.209 e. The second kappa shape index (κ2) is 7.46. The summed E-state index contributed by atoms with van der Waals surface area (Å²) in [5.41, 5.74) is 0. The standard InChI is InChI=1S/C13H28N2O2S/c1-11(2)12-5-3-6-13(8-7-12)15-9-4-10-18(14,16)17/h11-13,15H,3-10H2,1-2H3,(H2,14,16,17). The molecule has 4 nitrogen and oxygen atoms in total. The first-order valence-electron chi connectivity index (χ1n) is 7.12. The van der Waals surface area contributed by atoms with Crippen molar-refractivity contribution in [2.24, 2.45) is 17.0 Å². The third-order valence-electron chi connectivity index (χ3n) is 3.99. The third-order valence-corrected chi connectivity index (χ3v) is 4.85. The normalized spacial score (nSPS) is 26.2. The van der Waals surface area contributed by atoms with Crippen LogP contribution in [-0.2, 0) is 10.0 Å². The lowest BCUT2D eigenvalue weighted by Gasteiger charge is -2.19. The average Bonchev–Trinajstić information content (AvgIpc) is 2.48. The van der Waals surface area contributed by atoms with Crippen molar-refractivity contribution in [3.8, 4) is 0 Å². The molecule has 2 atom stereocenters. The minimum Gasteiger partial charge on any atom is -0.314 e. The van der Waals surface area contributed by atoms with Gasteiger partial charge in [0, 0.05) is 6.04 Å². The Labute approximate surface area is 112 Å². The van der Waals surface area contributed by atoms with Gasteiger partial charge in [0.15, 0.2) is 0 Å². The lowest BCUT2D eigenvalue weighted by Crippen LogP contribution is -2.31. The van der Waals surface area contributed by atoms with Gasteiger partial charge in [-0.25, -0.2) is 13.6 Å². The van der Waals surface area contributed by atoms with Crippen LogP contribution in [0.15, 0.2) is 0 Å². The van der Waals surface area contributed by atoms with Crippen LogP contribution in [0.3, 0.4) is 0 Å². The van der Waals surface area contributed by atoms with Crippen LogP contribution in [0.25, 0.3) is 0 Å². The van der Waals surface area contributed by atoms with Gasteiger partial charge in [-0.2, -0.15) is 0 Å². The first kappa shape index (κ1) is 15.9. The summed E-state index contributed by atoms with van der Waals surface area (Å²) < 4.78 is 21.6. The molecule has 1 rings (SSSR count). The third kappa shape index (κ3) is 6.71. The lowest BCUT2D eigenvalue weighted by atomic mass is 9.89. The molecule has 0 spiro atoms. The summed E-state index contributed by atoms with van der Waals surface area (Å²) in [4.78, 5) is 0. The first-order valence-corrected chi connectivity index (χ1v) is 8.84. The van der Waals surface area contributed by atoms with E-state index >= 15 is 0 Å². The highest BCUT2D eigenvalue weighted by Gasteiger charge is 2.20. The van der Waals surface area contributed by atoms with Crippen LogP contribution in [0.2, 0.25) is 0 Å². The van der Waals surface area contributed by atoms with Gasteiger partial charge < -0.3 is 5.32 Å². The van der Waals surface area contributed by atoms with Gasteiger partial charge in [0.2, 0.25) is 10.0 Å². The maximum absolute atomic E-state index is 10.8. The molecule has 1 fully saturated rings. The molecule has 1 aliphatic rings. The van der Waals surface area contributed by atoms with Gasteiger partial charge in [-0.05, 0) is 44.1 Å². The summed E-state index contributed by atoms with van der Waals surface area (Å²) in [6.07, 6.45) is 6.98. The molecule has 1 aliphatic carbocycles. The summed E-state index contributed by atoms with van der Waals surface area (Å²) in [7, 11) is -3.29. The Balaban J connectivity index is 2.20. The van der Waals surface area contributed by atoms with Gasteiger partial charge in [-0.15, -0.1) is 0 Å². The molecule has 18 heavy (non-hydrogen) atoms. The zero-order chi connectivity index (χ0) is 13.6. The molecule has 0 heterocycles. The predicted octanol–water partition coefficient (Wildman–Crippen LogP) is 1.86. The quantitative estimate of drug-likeness (QED) is 0.574. The topological polar surface area (TPSA) is 72.2 Å². The number of nitrogens with two attached hydrogens (primary N) is 1. The Morgan fingerprint density at radius 2 is 1.94 bits per heavy atom. The second-order valence-electron chi connectivity index (χ2n) is 5.88. The van der Waals surface area contributed by atoms with Gasteiger partial charge in [0.05, 0.1) is 5.75 Å². The van der Waals surface area contributed by atoms with Gasteiger partial charge >= 0.3 is 0 Å². The van der Waals surface area contributed by atoms with Gasteiger partial charge in [-0.3, -0.25) is 0 Å². The fourth-order valence-corrected chi connectivity index (χ4v) is 3.33. The van der Waals surface area contributed by atoms with E-state index in [1.807, 2.05) is 0 Å². The van der Waals surface area contributed by atoms with Crippen LogP contribution >= 0.6 is 0 Å². The first-order chi connectivity index (χ1) is 8.38. The van der Waals surface area contributed by atoms with Crippen molar-refractivity contribution in [2.75, 3.05) is 12.3 Å². The zero-order valence-corrected chi connectivity index (χ0v) is 12.5. The van der Waals surface area contributed by atoms with Gasteiger partial charge in [0.1, 0.15) is 0 Å². The van der Waals surface area contributed by atoms with Crippen molar-refractivity contribution in [3.05, 3.63) is 0 Å². The van der Waals surface area contributed by atoms with Crippen molar-refractivity contribution in [1.29, 1.82) is 0 Å². The molecule has 3 N–H and O–H groups in total. The SMILES string of the molecule is CC(C)C1CCCC(NCCCS(N)(=O)=O)CC1. The van der Waals surface area contributed by atoms with Gasteiger partial charge in [-0.1, -0.05) is 26.7 Å². The van der Waals surface area contributed by atoms with Crippen molar-refractivity contribution < 1.29 is 8.42 Å². The van der Waals surface area contributed by atoms with E-state index in [2.05, 4.69) is 19.2 Å². The van der Waals surface area contributed by atoms with Crippen LogP contribution in [-0.4, -0.2) is 26.8 Å². The van der Waals surface area contributed by atoms with E-state index < -0.39 is 10.0 Å². The molecule has 0 saturated heterocycles. The summed E-state index contributed by atoms with van der Waals surface area (Å²) in [5, 5.41) is 8.45. The van der Waals surface area contributed by atoms with Crippen LogP contribution in [0.4, 0.5) is 0 Å². The minimum absolute atomic E-state index is 0.0847. The van der Waals surface area contributed by atoms with Crippen molar-refractivity contribution in [1.82, 2.24) is 5.32 Å². The van der Waals surface area contributed by atoms with Crippen molar-refractivity contribution in [2.45, 2.75) is 58.4 Å². The monoisotopic (exact) mass is 276 g/mol. The van der Waals surface area contributed by atoms with E-state index in [0.717, 1.165) is 18.4 Å². The largest absolute Gasteiger partial charge is 0.314 e. The molecule has 0 aromatic carbocycles. The Bertz CT molecular complexity index is 328. The number of hydrogen-bond acceptors (Lipinski definition) is 3. The molecular formula is C13H28N2O2S. The molecule has 5 heteroatoms. The number of primary sulfonamides is 1. The predicted molar refractivity (Wildman–Crippen MR) is 75.8 cm³/mol. The molecular weight excluding hydrogens is 248 g/mol. The molecule has 0 bridgehead atoms. The molecule has 0 aromatic heterocycles. The highest BCUT2D eigenvalue weighted by Crippen LogP contribution is 2.28. The van der Waals surface area contributed by atoms with E-state index in [1.165, 1.54) is 32.1 Å². The molecule has 0 radical (unpaired) electrons. The fraction of sp³-hybridized carbons (Fsp3) is 1.00. The average molecular weight is 276 g/mol. The summed E-state index contributed by atoms with van der Waals surface area (Å²) in [5.74, 6) is 1.73. The van der Waals surface area contributed by atoms with Gasteiger partial charge in [0.25, 0.3) is 0 Å². The number of nitrogens with one attached hydrogen (secondary N) is 1. The van der Waals surface area contributed by atoms with Crippen LogP contribution < -0.4 is 10.5 Å². The number of sulfonamides is 1. The summed E-state index contributed by atoms with van der Waals surface area (Å²) in [6, 6.07) is 0.564. The van der Waals surface area contributed by atoms with Crippen LogP contribution in [0.5, 0.6) is 0 Å². The Hall–Kier alpha value is -0.130. The van der Waals surface area contributed by atoms with Crippen LogP contribution in [0.1, 0.15) is 52.4 Å². The van der Waals surface area contributed by atoms with E-state index in [-0.39, 0.29) is 5.75 Å². The highest BCUT2D eigenvalue weighted by molar-refractivity contribution is 7.89. The van der Waals surface area contributed by atoms with Crippen LogP contribution in [0, 0.1) is 11.8 Å². The van der Waals surface area contributed by atoms with Crippen molar-refractivity contribution in [3.63, 3.8) is 0 Å². The molecule has 1 saturated carbocycles. The summed E-state index contributed by atoms with van der Waals surface area (Å²) >= 11 is 0. The molecule has 2 unspecified atom stereocenters. The molecule has 0 aliphatic heterocycles. The van der Waals surface area contributed by atoms with Crippen molar-refractivity contribution >= 4 is 10.0 Å². The minimum atomic E-state index is -3.29. The maximum atomic E-state index is 10.8. The van der Waals surface area contributed by atoms with E-state index in [0.29, 0.717) is 12.5 Å². The Morgan fingerprint density at radius 3 is 2.56 bits per heavy atom.